The molecule has 178 valence electrons. The van der Waals surface area contributed by atoms with Crippen molar-refractivity contribution in [3.05, 3.63) is 59.2 Å². The first kappa shape index (κ1) is 23.8. The summed E-state index contributed by atoms with van der Waals surface area (Å²) in [4.78, 5) is 15.5. The zero-order valence-corrected chi connectivity index (χ0v) is 20.4. The van der Waals surface area contributed by atoms with E-state index >= 15 is 0 Å². The van der Waals surface area contributed by atoms with E-state index in [0.29, 0.717) is 30.8 Å². The quantitative estimate of drug-likeness (QED) is 0.677. The van der Waals surface area contributed by atoms with Crippen LogP contribution in [0.5, 0.6) is 0 Å². The smallest absolute Gasteiger partial charge is 0.251 e. The van der Waals surface area contributed by atoms with Crippen molar-refractivity contribution in [1.82, 2.24) is 9.62 Å². The second kappa shape index (κ2) is 10.7. The minimum Gasteiger partial charge on any atom is -0.372 e. The van der Waals surface area contributed by atoms with Crippen LogP contribution < -0.4 is 10.2 Å². The number of benzene rings is 2. The Bertz CT molecular complexity index is 1050. The number of piperidine rings is 1. The number of nitrogens with one attached hydrogen (secondary N) is 1. The summed E-state index contributed by atoms with van der Waals surface area (Å²) in [6.45, 7) is 5.49. The van der Waals surface area contributed by atoms with Crippen LogP contribution in [0.25, 0.3) is 0 Å². The van der Waals surface area contributed by atoms with Crippen LogP contribution in [0, 0.1) is 6.92 Å². The zero-order valence-electron chi connectivity index (χ0n) is 19.6. The van der Waals surface area contributed by atoms with Crippen molar-refractivity contribution in [2.24, 2.45) is 0 Å². The molecular formula is C26H35N3O3S. The maximum atomic E-state index is 13.3. The summed E-state index contributed by atoms with van der Waals surface area (Å²) in [6.07, 6.45) is 7.68. The van der Waals surface area contributed by atoms with Crippen LogP contribution in [0.4, 0.5) is 5.69 Å². The molecule has 2 heterocycles. The van der Waals surface area contributed by atoms with Gasteiger partial charge in [-0.2, -0.15) is 4.31 Å². The molecule has 0 saturated carbocycles. The van der Waals surface area contributed by atoms with E-state index in [0.717, 1.165) is 44.3 Å². The highest BCUT2D eigenvalue weighted by atomic mass is 32.2. The molecule has 0 unspecified atom stereocenters. The molecule has 6 nitrogen and oxygen atoms in total. The average Bonchev–Trinajstić information content (AvgIpc) is 3.14. The summed E-state index contributed by atoms with van der Waals surface area (Å²) < 4.78 is 28.1. The molecule has 7 heteroatoms. The molecule has 2 aromatic carbocycles. The lowest BCUT2D eigenvalue weighted by Crippen LogP contribution is -2.32. The maximum Gasteiger partial charge on any atom is 0.251 e. The van der Waals surface area contributed by atoms with Gasteiger partial charge in [0.05, 0.1) is 4.90 Å². The van der Waals surface area contributed by atoms with Crippen LogP contribution in [0.2, 0.25) is 0 Å². The molecule has 0 aliphatic carbocycles. The maximum absolute atomic E-state index is 13.3. The number of aryl methyl sites for hydroxylation is 1. The predicted octanol–water partition coefficient (Wildman–Crippen LogP) is 4.48. The number of amides is 1. The van der Waals surface area contributed by atoms with E-state index < -0.39 is 10.0 Å². The topological polar surface area (TPSA) is 69.7 Å². The van der Waals surface area contributed by atoms with E-state index in [-0.39, 0.29) is 10.8 Å². The fourth-order valence-electron chi connectivity index (χ4n) is 4.70. The molecule has 2 saturated heterocycles. The monoisotopic (exact) mass is 469 g/mol. The first-order chi connectivity index (χ1) is 15.9. The van der Waals surface area contributed by atoms with E-state index in [2.05, 4.69) is 34.5 Å². The highest BCUT2D eigenvalue weighted by Gasteiger charge is 2.27. The molecule has 1 N–H and O–H groups in total. The Labute approximate surface area is 198 Å². The third-order valence-corrected chi connectivity index (χ3v) is 8.78. The molecule has 2 aliphatic rings. The standard InChI is InChI=1S/C26H35N3O3S/c1-21-9-12-23(19-25(21)33(31,32)29-17-7-2-3-8-18-29)26(30)27-20-22-10-13-24(14-11-22)28-15-5-4-6-16-28/h9-14,19H,2-8,15-18,20H2,1H3,(H,27,30). The Morgan fingerprint density at radius 1 is 0.848 bits per heavy atom. The number of rotatable bonds is 6. The van der Waals surface area contributed by atoms with Crippen LogP contribution in [-0.4, -0.2) is 44.8 Å². The van der Waals surface area contributed by atoms with Crippen molar-refractivity contribution in [2.75, 3.05) is 31.1 Å². The summed E-state index contributed by atoms with van der Waals surface area (Å²) in [6, 6.07) is 13.3. The van der Waals surface area contributed by atoms with Gasteiger partial charge in [-0.3, -0.25) is 4.79 Å². The Kier molecular flexibility index (Phi) is 7.71. The van der Waals surface area contributed by atoms with Gasteiger partial charge in [0.15, 0.2) is 0 Å². The number of nitrogens with zero attached hydrogens (tertiary/aromatic N) is 2. The summed E-state index contributed by atoms with van der Waals surface area (Å²) in [5, 5.41) is 2.94. The highest BCUT2D eigenvalue weighted by Crippen LogP contribution is 2.24. The van der Waals surface area contributed by atoms with Crippen molar-refractivity contribution in [3.8, 4) is 0 Å². The number of carbonyl (C=O) groups is 1. The van der Waals surface area contributed by atoms with Crippen molar-refractivity contribution in [1.29, 1.82) is 0 Å². The number of hydrogen-bond acceptors (Lipinski definition) is 4. The minimum atomic E-state index is -3.61. The lowest BCUT2D eigenvalue weighted by molar-refractivity contribution is 0.0950. The normalized spacial score (nSPS) is 18.0. The van der Waals surface area contributed by atoms with Crippen molar-refractivity contribution in [3.63, 3.8) is 0 Å². The number of sulfonamides is 1. The Morgan fingerprint density at radius 3 is 2.12 bits per heavy atom. The van der Waals surface area contributed by atoms with Crippen LogP contribution in [0.15, 0.2) is 47.4 Å². The Morgan fingerprint density at radius 2 is 1.45 bits per heavy atom. The molecule has 2 fully saturated rings. The molecule has 2 aromatic rings. The number of carbonyl (C=O) groups excluding carboxylic acids is 1. The SMILES string of the molecule is Cc1ccc(C(=O)NCc2ccc(N3CCCCC3)cc2)cc1S(=O)(=O)N1CCCCCC1. The third kappa shape index (κ3) is 5.76. The van der Waals surface area contributed by atoms with Gasteiger partial charge >= 0.3 is 0 Å². The fraction of sp³-hybridized carbons (Fsp3) is 0.500. The van der Waals surface area contributed by atoms with E-state index in [9.17, 15) is 13.2 Å². The molecule has 0 aromatic heterocycles. The molecular weight excluding hydrogens is 434 g/mol. The largest absolute Gasteiger partial charge is 0.372 e. The molecule has 4 rings (SSSR count). The summed E-state index contributed by atoms with van der Waals surface area (Å²) in [7, 11) is -3.61. The molecule has 1 amide bonds. The lowest BCUT2D eigenvalue weighted by Gasteiger charge is -2.28. The second-order valence-corrected chi connectivity index (χ2v) is 11.1. The van der Waals surface area contributed by atoms with Gasteiger partial charge in [0.1, 0.15) is 0 Å². The molecule has 0 radical (unpaired) electrons. The van der Waals surface area contributed by atoms with E-state index in [1.165, 1.54) is 31.0 Å². The van der Waals surface area contributed by atoms with Crippen molar-refractivity contribution >= 4 is 21.6 Å². The van der Waals surface area contributed by atoms with E-state index in [4.69, 9.17) is 0 Å². The van der Waals surface area contributed by atoms with Crippen LogP contribution in [-0.2, 0) is 16.6 Å². The fourth-order valence-corrected chi connectivity index (χ4v) is 6.47. The van der Waals surface area contributed by atoms with Crippen LogP contribution in [0.3, 0.4) is 0 Å². The number of anilines is 1. The summed E-state index contributed by atoms with van der Waals surface area (Å²) in [5.41, 5.74) is 3.29. The first-order valence-electron chi connectivity index (χ1n) is 12.2. The van der Waals surface area contributed by atoms with Crippen LogP contribution >= 0.6 is 0 Å². The van der Waals surface area contributed by atoms with Gasteiger partial charge in [-0.05, 0) is 74.4 Å². The molecule has 0 atom stereocenters. The third-order valence-electron chi connectivity index (χ3n) is 6.74. The van der Waals surface area contributed by atoms with Gasteiger partial charge in [-0.25, -0.2) is 8.42 Å². The van der Waals surface area contributed by atoms with Crippen molar-refractivity contribution in [2.45, 2.75) is 63.3 Å². The molecule has 2 aliphatic heterocycles. The predicted molar refractivity (Wildman–Crippen MR) is 132 cm³/mol. The Balaban J connectivity index is 1.42. The minimum absolute atomic E-state index is 0.239. The number of hydrogen-bond donors (Lipinski definition) is 1. The lowest BCUT2D eigenvalue weighted by atomic mass is 10.1. The Hall–Kier alpha value is -2.38. The van der Waals surface area contributed by atoms with E-state index in [1.807, 2.05) is 0 Å². The second-order valence-electron chi connectivity index (χ2n) is 9.20. The molecule has 0 spiro atoms. The van der Waals surface area contributed by atoms with Gasteiger partial charge in [0, 0.05) is 44.0 Å². The van der Waals surface area contributed by atoms with Gasteiger partial charge in [-0.15, -0.1) is 0 Å². The van der Waals surface area contributed by atoms with Crippen LogP contribution in [0.1, 0.15) is 66.4 Å². The van der Waals surface area contributed by atoms with E-state index in [1.54, 1.807) is 23.4 Å². The first-order valence-corrected chi connectivity index (χ1v) is 13.6. The molecule has 0 bridgehead atoms. The summed E-state index contributed by atoms with van der Waals surface area (Å²) in [5.74, 6) is -0.262. The zero-order chi connectivity index (χ0) is 23.3. The highest BCUT2D eigenvalue weighted by molar-refractivity contribution is 7.89. The molecule has 33 heavy (non-hydrogen) atoms. The van der Waals surface area contributed by atoms with Gasteiger partial charge in [-0.1, -0.05) is 31.0 Å². The van der Waals surface area contributed by atoms with Gasteiger partial charge in [0.25, 0.3) is 5.91 Å². The average molecular weight is 470 g/mol. The van der Waals surface area contributed by atoms with Gasteiger partial charge < -0.3 is 10.2 Å². The summed E-state index contributed by atoms with van der Waals surface area (Å²) >= 11 is 0. The van der Waals surface area contributed by atoms with Gasteiger partial charge in [0.2, 0.25) is 10.0 Å². The van der Waals surface area contributed by atoms with Crippen molar-refractivity contribution < 1.29 is 13.2 Å².